The van der Waals surface area contributed by atoms with Gasteiger partial charge < -0.3 is 15.0 Å². The van der Waals surface area contributed by atoms with Crippen LogP contribution in [0, 0.1) is 12.8 Å². The SMILES string of the molecule is CCC(=O)Nc1ccc(S(=O)(=O)NCC2CCN(C(=O)OC)CC2)c(C)c1. The molecule has 27 heavy (non-hydrogen) atoms. The highest BCUT2D eigenvalue weighted by molar-refractivity contribution is 7.89. The second kappa shape index (κ2) is 9.18. The summed E-state index contributed by atoms with van der Waals surface area (Å²) < 4.78 is 32.6. The summed E-state index contributed by atoms with van der Waals surface area (Å²) in [4.78, 5) is 24.8. The zero-order valence-corrected chi connectivity index (χ0v) is 16.8. The van der Waals surface area contributed by atoms with Crippen LogP contribution in [0.25, 0.3) is 0 Å². The summed E-state index contributed by atoms with van der Waals surface area (Å²) in [6.07, 6.45) is 1.45. The van der Waals surface area contributed by atoms with Gasteiger partial charge in [0, 0.05) is 31.7 Å². The largest absolute Gasteiger partial charge is 0.453 e. The Kier molecular flexibility index (Phi) is 7.20. The zero-order chi connectivity index (χ0) is 20.0. The van der Waals surface area contributed by atoms with Gasteiger partial charge in [0.15, 0.2) is 0 Å². The topological polar surface area (TPSA) is 105 Å². The van der Waals surface area contributed by atoms with Crippen molar-refractivity contribution in [2.45, 2.75) is 38.0 Å². The second-order valence-corrected chi connectivity index (χ2v) is 8.37. The Hall–Kier alpha value is -2.13. The number of anilines is 1. The Bertz CT molecular complexity index is 786. The number of nitrogens with one attached hydrogen (secondary N) is 2. The number of methoxy groups -OCH3 is 1. The minimum absolute atomic E-state index is 0.124. The lowest BCUT2D eigenvalue weighted by molar-refractivity contribution is -0.115. The average Bonchev–Trinajstić information content (AvgIpc) is 2.66. The third-order valence-corrected chi connectivity index (χ3v) is 6.26. The number of sulfonamides is 1. The predicted octanol–water partition coefficient (Wildman–Crippen LogP) is 2.10. The molecule has 8 nitrogen and oxygen atoms in total. The Balaban J connectivity index is 1.95. The van der Waals surface area contributed by atoms with Crippen LogP contribution in [0.3, 0.4) is 0 Å². The van der Waals surface area contributed by atoms with E-state index < -0.39 is 10.0 Å². The van der Waals surface area contributed by atoms with Crippen LogP contribution in [0.1, 0.15) is 31.7 Å². The van der Waals surface area contributed by atoms with Gasteiger partial charge in [-0.25, -0.2) is 17.9 Å². The van der Waals surface area contributed by atoms with Gasteiger partial charge in [-0.15, -0.1) is 0 Å². The molecule has 1 fully saturated rings. The molecule has 0 aromatic heterocycles. The summed E-state index contributed by atoms with van der Waals surface area (Å²) in [5, 5.41) is 2.72. The van der Waals surface area contributed by atoms with Crippen molar-refractivity contribution in [2.24, 2.45) is 5.92 Å². The van der Waals surface area contributed by atoms with Crippen molar-refractivity contribution in [3.8, 4) is 0 Å². The molecular formula is C18H27N3O5S. The molecule has 1 aliphatic rings. The van der Waals surface area contributed by atoms with Crippen LogP contribution in [0.2, 0.25) is 0 Å². The van der Waals surface area contributed by atoms with Crippen LogP contribution in [0.5, 0.6) is 0 Å². The average molecular weight is 397 g/mol. The van der Waals surface area contributed by atoms with Gasteiger partial charge in [0.2, 0.25) is 15.9 Å². The third-order valence-electron chi connectivity index (χ3n) is 4.68. The fraction of sp³-hybridized carbons (Fsp3) is 0.556. The number of benzene rings is 1. The predicted molar refractivity (Wildman–Crippen MR) is 102 cm³/mol. The van der Waals surface area contributed by atoms with E-state index in [0.717, 1.165) is 12.8 Å². The Morgan fingerprint density at radius 3 is 2.48 bits per heavy atom. The molecule has 0 saturated carbocycles. The highest BCUT2D eigenvalue weighted by Gasteiger charge is 2.25. The summed E-state index contributed by atoms with van der Waals surface area (Å²) in [6.45, 7) is 4.89. The van der Waals surface area contributed by atoms with E-state index in [0.29, 0.717) is 37.3 Å². The summed E-state index contributed by atoms with van der Waals surface area (Å²) in [7, 11) is -2.29. The minimum atomic E-state index is -3.64. The Labute approximate surface area is 160 Å². The normalized spacial score (nSPS) is 15.4. The van der Waals surface area contributed by atoms with E-state index in [-0.39, 0.29) is 22.8 Å². The van der Waals surface area contributed by atoms with E-state index in [9.17, 15) is 18.0 Å². The number of ether oxygens (including phenoxy) is 1. The first kappa shape index (κ1) is 21.2. The highest BCUT2D eigenvalue weighted by Crippen LogP contribution is 2.21. The molecule has 0 unspecified atom stereocenters. The van der Waals surface area contributed by atoms with Gasteiger partial charge in [-0.1, -0.05) is 6.92 Å². The van der Waals surface area contributed by atoms with Gasteiger partial charge in [-0.2, -0.15) is 0 Å². The van der Waals surface area contributed by atoms with Crippen LogP contribution in [-0.2, 0) is 19.6 Å². The van der Waals surface area contributed by atoms with Gasteiger partial charge >= 0.3 is 6.09 Å². The van der Waals surface area contributed by atoms with Gasteiger partial charge in [0.1, 0.15) is 0 Å². The summed E-state index contributed by atoms with van der Waals surface area (Å²) in [5.74, 6) is 0.0468. The van der Waals surface area contributed by atoms with Crippen molar-refractivity contribution in [3.63, 3.8) is 0 Å². The van der Waals surface area contributed by atoms with E-state index in [1.54, 1.807) is 30.9 Å². The van der Waals surface area contributed by atoms with Crippen molar-refractivity contribution < 1.29 is 22.7 Å². The molecule has 2 amide bonds. The van der Waals surface area contributed by atoms with Crippen molar-refractivity contribution in [1.29, 1.82) is 0 Å². The fourth-order valence-electron chi connectivity index (χ4n) is 3.03. The Morgan fingerprint density at radius 1 is 1.26 bits per heavy atom. The second-order valence-electron chi connectivity index (χ2n) is 6.63. The van der Waals surface area contributed by atoms with Gasteiger partial charge in [0.05, 0.1) is 12.0 Å². The number of nitrogens with zero attached hydrogens (tertiary/aromatic N) is 1. The van der Waals surface area contributed by atoms with Crippen LogP contribution in [0.15, 0.2) is 23.1 Å². The number of hydrogen-bond donors (Lipinski definition) is 2. The number of hydrogen-bond acceptors (Lipinski definition) is 5. The van der Waals surface area contributed by atoms with Gasteiger partial charge in [0.25, 0.3) is 0 Å². The molecule has 1 aromatic carbocycles. The number of carbonyl (C=O) groups is 2. The number of carbonyl (C=O) groups excluding carboxylic acids is 2. The first-order valence-corrected chi connectivity index (χ1v) is 10.5. The van der Waals surface area contributed by atoms with Crippen LogP contribution < -0.4 is 10.0 Å². The molecule has 1 heterocycles. The zero-order valence-electron chi connectivity index (χ0n) is 15.9. The standard InChI is InChI=1S/C18H27N3O5S/c1-4-17(22)20-15-5-6-16(13(2)11-15)27(24,25)19-12-14-7-9-21(10-8-14)18(23)26-3/h5-6,11,14,19H,4,7-10,12H2,1-3H3,(H,20,22). The summed E-state index contributed by atoms with van der Waals surface area (Å²) in [5.41, 5.74) is 1.14. The lowest BCUT2D eigenvalue weighted by Crippen LogP contribution is -2.41. The quantitative estimate of drug-likeness (QED) is 0.765. The van der Waals surface area contributed by atoms with Gasteiger partial charge in [-0.3, -0.25) is 4.79 Å². The molecule has 0 radical (unpaired) electrons. The molecule has 2 rings (SSSR count). The van der Waals surface area contributed by atoms with E-state index in [2.05, 4.69) is 10.0 Å². The van der Waals surface area contributed by atoms with Crippen LogP contribution in [0.4, 0.5) is 10.5 Å². The van der Waals surface area contributed by atoms with Crippen molar-refractivity contribution in [3.05, 3.63) is 23.8 Å². The first-order valence-electron chi connectivity index (χ1n) is 9.00. The number of rotatable bonds is 6. The smallest absolute Gasteiger partial charge is 0.409 e. The maximum absolute atomic E-state index is 12.6. The molecule has 1 aromatic rings. The molecule has 2 N–H and O–H groups in total. The maximum atomic E-state index is 12.6. The molecule has 9 heteroatoms. The van der Waals surface area contributed by atoms with Gasteiger partial charge in [-0.05, 0) is 49.4 Å². The van der Waals surface area contributed by atoms with E-state index >= 15 is 0 Å². The Morgan fingerprint density at radius 2 is 1.93 bits per heavy atom. The third kappa shape index (κ3) is 5.67. The van der Waals surface area contributed by atoms with E-state index in [1.165, 1.54) is 13.2 Å². The lowest BCUT2D eigenvalue weighted by atomic mass is 9.97. The molecule has 0 atom stereocenters. The number of aryl methyl sites for hydroxylation is 1. The molecular weight excluding hydrogens is 370 g/mol. The molecule has 1 saturated heterocycles. The van der Waals surface area contributed by atoms with Crippen molar-refractivity contribution >= 4 is 27.7 Å². The lowest BCUT2D eigenvalue weighted by Gasteiger charge is -2.30. The monoisotopic (exact) mass is 397 g/mol. The molecule has 0 bridgehead atoms. The molecule has 0 spiro atoms. The number of likely N-dealkylation sites (tertiary alicyclic amines) is 1. The van der Waals surface area contributed by atoms with Crippen LogP contribution in [-0.4, -0.2) is 52.1 Å². The van der Waals surface area contributed by atoms with E-state index in [1.807, 2.05) is 0 Å². The first-order chi connectivity index (χ1) is 12.8. The minimum Gasteiger partial charge on any atom is -0.453 e. The molecule has 0 aliphatic carbocycles. The highest BCUT2D eigenvalue weighted by atomic mass is 32.2. The van der Waals surface area contributed by atoms with Crippen LogP contribution >= 0.6 is 0 Å². The molecule has 150 valence electrons. The van der Waals surface area contributed by atoms with Crippen molar-refractivity contribution in [1.82, 2.24) is 9.62 Å². The number of amides is 2. The molecule has 1 aliphatic heterocycles. The summed E-state index contributed by atoms with van der Waals surface area (Å²) >= 11 is 0. The summed E-state index contributed by atoms with van der Waals surface area (Å²) in [6, 6.07) is 4.74. The number of piperidine rings is 1. The fourth-order valence-corrected chi connectivity index (χ4v) is 4.37. The van der Waals surface area contributed by atoms with E-state index in [4.69, 9.17) is 4.74 Å². The van der Waals surface area contributed by atoms with Crippen molar-refractivity contribution in [2.75, 3.05) is 32.1 Å². The maximum Gasteiger partial charge on any atom is 0.409 e.